The molecule has 0 spiro atoms. The molecule has 0 N–H and O–H groups in total. The number of fused-ring (bicyclic) bond motifs is 6. The van der Waals surface area contributed by atoms with Gasteiger partial charge in [0.25, 0.3) is 5.56 Å². The van der Waals surface area contributed by atoms with Gasteiger partial charge in [0.05, 0.1) is 23.2 Å². The van der Waals surface area contributed by atoms with Crippen molar-refractivity contribution in [1.29, 1.82) is 0 Å². The van der Waals surface area contributed by atoms with Gasteiger partial charge in [-0.15, -0.1) is 0 Å². The third kappa shape index (κ3) is 3.36. The lowest BCUT2D eigenvalue weighted by atomic mass is 9.81. The maximum absolute atomic E-state index is 13.4. The quantitative estimate of drug-likeness (QED) is 0.536. The summed E-state index contributed by atoms with van der Waals surface area (Å²) in [5.41, 5.74) is -1.35. The molecule has 0 aliphatic carbocycles. The summed E-state index contributed by atoms with van der Waals surface area (Å²) >= 11 is 1.09. The molecule has 2 aliphatic rings. The number of thiazole rings is 1. The molecule has 2 aliphatic heterocycles. The predicted molar refractivity (Wildman–Crippen MR) is 113 cm³/mol. The molecule has 3 heterocycles. The molecule has 3 aromatic rings. The molecule has 3 atom stereocenters. The fourth-order valence-corrected chi connectivity index (χ4v) is 5.45. The van der Waals surface area contributed by atoms with Gasteiger partial charge in [-0.25, -0.2) is 4.99 Å². The highest BCUT2D eigenvalue weighted by molar-refractivity contribution is 7.07. The minimum atomic E-state index is -4.44. The van der Waals surface area contributed by atoms with Crippen molar-refractivity contribution in [2.24, 2.45) is 10.9 Å². The summed E-state index contributed by atoms with van der Waals surface area (Å²) < 4.78 is 51.4. The number of alkyl halides is 3. The van der Waals surface area contributed by atoms with E-state index >= 15 is 0 Å². The van der Waals surface area contributed by atoms with Crippen molar-refractivity contribution in [2.45, 2.75) is 24.9 Å². The Balaban J connectivity index is 1.71. The largest absolute Gasteiger partial charge is 0.469 e. The van der Waals surface area contributed by atoms with Crippen LogP contribution in [-0.2, 0) is 15.7 Å². The summed E-state index contributed by atoms with van der Waals surface area (Å²) in [6.07, 6.45) is -2.93. The summed E-state index contributed by atoms with van der Waals surface area (Å²) in [6, 6.07) is 11.0. The molecule has 10 heteroatoms. The Labute approximate surface area is 189 Å². The molecule has 0 saturated heterocycles. The second kappa shape index (κ2) is 7.31. The Morgan fingerprint density at radius 1 is 1.21 bits per heavy atom. The van der Waals surface area contributed by atoms with Gasteiger partial charge >= 0.3 is 12.1 Å². The highest BCUT2D eigenvalue weighted by Crippen LogP contribution is 2.47. The van der Waals surface area contributed by atoms with Crippen LogP contribution < -0.4 is 19.6 Å². The first-order chi connectivity index (χ1) is 15.6. The zero-order valence-electron chi connectivity index (χ0n) is 17.4. The van der Waals surface area contributed by atoms with E-state index in [4.69, 9.17) is 9.47 Å². The van der Waals surface area contributed by atoms with E-state index in [-0.39, 0.29) is 4.53 Å². The Kier molecular flexibility index (Phi) is 4.75. The van der Waals surface area contributed by atoms with Gasteiger partial charge in [-0.3, -0.25) is 14.2 Å². The maximum atomic E-state index is 13.4. The van der Waals surface area contributed by atoms with Gasteiger partial charge in [-0.05, 0) is 36.8 Å². The van der Waals surface area contributed by atoms with Crippen LogP contribution in [-0.4, -0.2) is 23.4 Å². The lowest BCUT2D eigenvalue weighted by molar-refractivity contribution is -0.158. The molecule has 2 aromatic carbocycles. The Hall–Kier alpha value is -3.40. The van der Waals surface area contributed by atoms with E-state index < -0.39 is 41.0 Å². The highest BCUT2D eigenvalue weighted by atomic mass is 32.1. The number of rotatable bonds is 2. The van der Waals surface area contributed by atoms with E-state index in [0.29, 0.717) is 21.7 Å². The van der Waals surface area contributed by atoms with Crippen LogP contribution in [0.15, 0.2) is 58.3 Å². The predicted octanol–water partition coefficient (Wildman–Crippen LogP) is 2.88. The number of nitrogens with zero attached hydrogens (tertiary/aromatic N) is 2. The lowest BCUT2D eigenvalue weighted by Gasteiger charge is -2.44. The molecular weight excluding hydrogens is 457 g/mol. The van der Waals surface area contributed by atoms with Gasteiger partial charge in [0.2, 0.25) is 5.72 Å². The highest BCUT2D eigenvalue weighted by Gasteiger charge is 2.55. The van der Waals surface area contributed by atoms with Gasteiger partial charge in [0.15, 0.2) is 4.80 Å². The smallest absolute Gasteiger partial charge is 0.416 e. The van der Waals surface area contributed by atoms with E-state index in [1.165, 1.54) is 29.9 Å². The Morgan fingerprint density at radius 3 is 2.58 bits per heavy atom. The molecule has 0 unspecified atom stereocenters. The molecule has 2 bridgehead atoms. The van der Waals surface area contributed by atoms with Gasteiger partial charge in [0, 0.05) is 5.56 Å². The van der Waals surface area contributed by atoms with E-state index in [0.717, 1.165) is 23.5 Å². The number of hydrogen-bond donors (Lipinski definition) is 0. The van der Waals surface area contributed by atoms with Crippen LogP contribution in [0.1, 0.15) is 29.7 Å². The average Bonchev–Trinajstić information content (AvgIpc) is 3.06. The molecule has 0 radical (unpaired) electrons. The van der Waals surface area contributed by atoms with Crippen molar-refractivity contribution < 1.29 is 27.4 Å². The second-order valence-corrected chi connectivity index (χ2v) is 8.95. The zero-order valence-corrected chi connectivity index (χ0v) is 18.2. The van der Waals surface area contributed by atoms with Crippen LogP contribution in [0.25, 0.3) is 6.08 Å². The van der Waals surface area contributed by atoms with E-state index in [1.54, 1.807) is 31.2 Å². The number of carbonyl (C=O) groups is 1. The number of ether oxygens (including phenoxy) is 2. The van der Waals surface area contributed by atoms with Crippen LogP contribution in [0, 0.1) is 5.92 Å². The third-order valence-corrected chi connectivity index (χ3v) is 6.85. The number of carbonyl (C=O) groups excluding carboxylic acids is 1. The Bertz CT molecular complexity index is 1440. The molecule has 6 nitrogen and oxygen atoms in total. The standard InChI is InChI=1S/C23H17F3N2O4S/c1-22-17(20(30)31-2)18(14-5-3-4-6-15(14)32-22)28-19(29)16(33-21(28)27-22)11-12-7-9-13(10-8-12)23(24,25)26/h3-11,17-18H,1-2H3/b16-11+/t17-,18-,22-/m1/s1. The lowest BCUT2D eigenvalue weighted by Crippen LogP contribution is -2.58. The number of methoxy groups -OCH3 is 1. The molecule has 0 saturated carbocycles. The number of hydrogen-bond acceptors (Lipinski definition) is 6. The second-order valence-electron chi connectivity index (χ2n) is 7.94. The fraction of sp³-hybridized carbons (Fsp3) is 0.261. The molecular formula is C23H17F3N2O4S. The maximum Gasteiger partial charge on any atom is 0.416 e. The van der Waals surface area contributed by atoms with Crippen molar-refractivity contribution >= 4 is 23.4 Å². The SMILES string of the molecule is COC(=O)[C@H]1[C@H]2c3ccccc3O[C@@]1(C)N=c1s/c(=C/c3ccc(C(F)(F)F)cc3)c(=O)n12. The first-order valence-electron chi connectivity index (χ1n) is 9.98. The molecule has 0 amide bonds. The van der Waals surface area contributed by atoms with E-state index in [9.17, 15) is 22.8 Å². The number of halogens is 3. The van der Waals surface area contributed by atoms with Gasteiger partial charge in [-0.2, -0.15) is 13.2 Å². The molecule has 5 rings (SSSR count). The van der Waals surface area contributed by atoms with Crippen LogP contribution in [0.5, 0.6) is 5.75 Å². The first kappa shape index (κ1) is 21.4. The summed E-state index contributed by atoms with van der Waals surface area (Å²) in [5, 5.41) is 0. The first-order valence-corrected chi connectivity index (χ1v) is 10.8. The average molecular weight is 474 g/mol. The van der Waals surface area contributed by atoms with Crippen molar-refractivity contribution in [3.63, 3.8) is 0 Å². The van der Waals surface area contributed by atoms with Crippen LogP contribution in [0.2, 0.25) is 0 Å². The zero-order chi connectivity index (χ0) is 23.5. The monoisotopic (exact) mass is 474 g/mol. The topological polar surface area (TPSA) is 69.9 Å². The van der Waals surface area contributed by atoms with E-state index in [1.807, 2.05) is 0 Å². The number of para-hydroxylation sites is 1. The molecule has 170 valence electrons. The molecule has 0 fully saturated rings. The summed E-state index contributed by atoms with van der Waals surface area (Å²) in [5.74, 6) is -0.931. The fourth-order valence-electron chi connectivity index (χ4n) is 4.35. The van der Waals surface area contributed by atoms with Crippen LogP contribution in [0.4, 0.5) is 13.2 Å². The van der Waals surface area contributed by atoms with Gasteiger partial charge in [-0.1, -0.05) is 41.7 Å². The van der Waals surface area contributed by atoms with E-state index in [2.05, 4.69) is 4.99 Å². The minimum Gasteiger partial charge on any atom is -0.469 e. The third-order valence-electron chi connectivity index (χ3n) is 5.87. The normalized spacial score (nSPS) is 23.7. The number of benzene rings is 2. The van der Waals surface area contributed by atoms with Crippen LogP contribution in [0.3, 0.4) is 0 Å². The van der Waals surface area contributed by atoms with Gasteiger partial charge in [0.1, 0.15) is 11.7 Å². The molecule has 33 heavy (non-hydrogen) atoms. The Morgan fingerprint density at radius 2 is 1.91 bits per heavy atom. The van der Waals surface area contributed by atoms with Crippen molar-refractivity contribution in [1.82, 2.24) is 4.57 Å². The van der Waals surface area contributed by atoms with Gasteiger partial charge < -0.3 is 9.47 Å². The summed E-state index contributed by atoms with van der Waals surface area (Å²) in [6.45, 7) is 1.67. The van der Waals surface area contributed by atoms with Crippen molar-refractivity contribution in [2.75, 3.05) is 7.11 Å². The summed E-state index contributed by atoms with van der Waals surface area (Å²) in [4.78, 5) is 31.1. The number of esters is 1. The summed E-state index contributed by atoms with van der Waals surface area (Å²) in [7, 11) is 1.27. The van der Waals surface area contributed by atoms with Crippen molar-refractivity contribution in [3.8, 4) is 5.75 Å². The molecule has 1 aromatic heterocycles. The van der Waals surface area contributed by atoms with Crippen LogP contribution >= 0.6 is 11.3 Å². The van der Waals surface area contributed by atoms with Crippen molar-refractivity contribution in [3.05, 3.63) is 84.9 Å². The minimum absolute atomic E-state index is 0.283. The number of aromatic nitrogens is 1.